The smallest absolute Gasteiger partial charge is 0.220 e. The minimum absolute atomic E-state index is 0.136. The van der Waals surface area contributed by atoms with Crippen molar-refractivity contribution in [3.63, 3.8) is 0 Å². The second kappa shape index (κ2) is 10.8. The largest absolute Gasteiger partial charge is 0.357 e. The van der Waals surface area contributed by atoms with Gasteiger partial charge in [-0.15, -0.1) is 0 Å². The Bertz CT molecular complexity index is 582. The molecule has 0 heterocycles. The van der Waals surface area contributed by atoms with Crippen molar-refractivity contribution in [2.45, 2.75) is 45.6 Å². The zero-order valence-electron chi connectivity index (χ0n) is 15.9. The Labute approximate surface area is 156 Å². The minimum Gasteiger partial charge on any atom is -0.357 e. The van der Waals surface area contributed by atoms with E-state index in [4.69, 9.17) is 0 Å². The Hall–Kier alpha value is -2.11. The normalized spacial score (nSPS) is 15.1. The van der Waals surface area contributed by atoms with E-state index < -0.39 is 0 Å². The number of carbonyl (C=O) groups excluding carboxylic acids is 1. The van der Waals surface area contributed by atoms with E-state index in [2.05, 4.69) is 15.6 Å². The topological polar surface area (TPSA) is 56.7 Å². The fourth-order valence-corrected chi connectivity index (χ4v) is 3.31. The Morgan fingerprint density at radius 1 is 1.23 bits per heavy atom. The Balaban J connectivity index is 1.77. The SMILES string of the molecule is CCNC(=NCCNC(=O)CC1CCCC1)N(C)Cc1ccc(F)cc1. The molecule has 1 aliphatic rings. The van der Waals surface area contributed by atoms with Gasteiger partial charge in [-0.2, -0.15) is 0 Å². The highest BCUT2D eigenvalue weighted by Crippen LogP contribution is 2.27. The predicted octanol–water partition coefficient (Wildman–Crippen LogP) is 2.92. The van der Waals surface area contributed by atoms with Gasteiger partial charge in [0, 0.05) is 33.1 Å². The van der Waals surface area contributed by atoms with E-state index in [0.29, 0.717) is 32.0 Å². The Morgan fingerprint density at radius 2 is 1.92 bits per heavy atom. The molecule has 0 spiro atoms. The van der Waals surface area contributed by atoms with E-state index in [0.717, 1.165) is 18.1 Å². The van der Waals surface area contributed by atoms with Gasteiger partial charge in [-0.25, -0.2) is 4.39 Å². The zero-order chi connectivity index (χ0) is 18.8. The van der Waals surface area contributed by atoms with Gasteiger partial charge in [0.2, 0.25) is 5.91 Å². The molecule has 1 aliphatic carbocycles. The molecule has 144 valence electrons. The molecule has 0 saturated heterocycles. The van der Waals surface area contributed by atoms with Gasteiger partial charge in [0.15, 0.2) is 5.96 Å². The number of nitrogens with zero attached hydrogens (tertiary/aromatic N) is 2. The summed E-state index contributed by atoms with van der Waals surface area (Å²) in [6.07, 6.45) is 5.53. The van der Waals surface area contributed by atoms with E-state index in [1.807, 2.05) is 18.9 Å². The molecule has 1 aromatic carbocycles. The molecule has 0 unspecified atom stereocenters. The predicted molar refractivity (Wildman–Crippen MR) is 103 cm³/mol. The molecule has 0 aliphatic heterocycles. The van der Waals surface area contributed by atoms with E-state index in [1.165, 1.54) is 37.8 Å². The third kappa shape index (κ3) is 7.02. The Morgan fingerprint density at radius 3 is 2.58 bits per heavy atom. The first-order valence-electron chi connectivity index (χ1n) is 9.59. The number of hydrogen-bond acceptors (Lipinski definition) is 2. The van der Waals surface area contributed by atoms with Crippen molar-refractivity contribution < 1.29 is 9.18 Å². The van der Waals surface area contributed by atoms with Crippen LogP contribution < -0.4 is 10.6 Å². The van der Waals surface area contributed by atoms with Gasteiger partial charge in [0.25, 0.3) is 0 Å². The van der Waals surface area contributed by atoms with Crippen LogP contribution in [0, 0.1) is 11.7 Å². The number of carbonyl (C=O) groups is 1. The summed E-state index contributed by atoms with van der Waals surface area (Å²) in [5.41, 5.74) is 1.02. The van der Waals surface area contributed by atoms with Crippen LogP contribution in [0.5, 0.6) is 0 Å². The van der Waals surface area contributed by atoms with Crippen LogP contribution in [0.25, 0.3) is 0 Å². The third-order valence-corrected chi connectivity index (χ3v) is 4.67. The lowest BCUT2D eigenvalue weighted by Crippen LogP contribution is -2.39. The van der Waals surface area contributed by atoms with Crippen molar-refractivity contribution in [1.29, 1.82) is 0 Å². The van der Waals surface area contributed by atoms with Crippen LogP contribution in [-0.4, -0.2) is 43.4 Å². The van der Waals surface area contributed by atoms with Crippen molar-refractivity contribution in [2.24, 2.45) is 10.9 Å². The Kier molecular flexibility index (Phi) is 8.38. The van der Waals surface area contributed by atoms with Gasteiger partial charge in [-0.3, -0.25) is 9.79 Å². The summed E-state index contributed by atoms with van der Waals surface area (Å²) in [7, 11) is 1.95. The van der Waals surface area contributed by atoms with Gasteiger partial charge in [0.1, 0.15) is 5.82 Å². The maximum Gasteiger partial charge on any atom is 0.220 e. The number of amides is 1. The van der Waals surface area contributed by atoms with Crippen LogP contribution in [0.2, 0.25) is 0 Å². The summed E-state index contributed by atoms with van der Waals surface area (Å²) in [5, 5.41) is 6.22. The molecule has 0 aromatic heterocycles. The van der Waals surface area contributed by atoms with Crippen molar-refractivity contribution in [2.75, 3.05) is 26.7 Å². The van der Waals surface area contributed by atoms with Crippen LogP contribution in [0.4, 0.5) is 4.39 Å². The molecular weight excluding hydrogens is 331 g/mol. The summed E-state index contributed by atoms with van der Waals surface area (Å²) in [4.78, 5) is 18.5. The second-order valence-electron chi connectivity index (χ2n) is 6.92. The van der Waals surface area contributed by atoms with Crippen molar-refractivity contribution >= 4 is 11.9 Å². The summed E-state index contributed by atoms with van der Waals surface area (Å²) < 4.78 is 13.0. The number of hydrogen-bond donors (Lipinski definition) is 2. The van der Waals surface area contributed by atoms with Gasteiger partial charge in [-0.05, 0) is 43.4 Å². The van der Waals surface area contributed by atoms with E-state index in [1.54, 1.807) is 12.1 Å². The number of aliphatic imine (C=N–C) groups is 1. The van der Waals surface area contributed by atoms with E-state index >= 15 is 0 Å². The highest BCUT2D eigenvalue weighted by molar-refractivity contribution is 5.80. The summed E-state index contributed by atoms with van der Waals surface area (Å²) in [6, 6.07) is 6.48. The summed E-state index contributed by atoms with van der Waals surface area (Å²) in [5.74, 6) is 1.25. The van der Waals surface area contributed by atoms with Gasteiger partial charge in [0.05, 0.1) is 6.54 Å². The van der Waals surface area contributed by atoms with Crippen LogP contribution in [0.3, 0.4) is 0 Å². The lowest BCUT2D eigenvalue weighted by molar-refractivity contribution is -0.121. The minimum atomic E-state index is -0.231. The van der Waals surface area contributed by atoms with Crippen molar-refractivity contribution in [1.82, 2.24) is 15.5 Å². The lowest BCUT2D eigenvalue weighted by Gasteiger charge is -2.22. The highest BCUT2D eigenvalue weighted by atomic mass is 19.1. The molecule has 1 amide bonds. The molecular formula is C20H31FN4O. The first-order chi connectivity index (χ1) is 12.6. The summed E-state index contributed by atoms with van der Waals surface area (Å²) in [6.45, 7) is 4.50. The van der Waals surface area contributed by atoms with E-state index in [-0.39, 0.29) is 11.7 Å². The molecule has 1 fully saturated rings. The zero-order valence-corrected chi connectivity index (χ0v) is 15.9. The van der Waals surface area contributed by atoms with Gasteiger partial charge in [-0.1, -0.05) is 25.0 Å². The molecule has 2 N–H and O–H groups in total. The molecule has 26 heavy (non-hydrogen) atoms. The molecule has 2 rings (SSSR count). The van der Waals surface area contributed by atoms with Gasteiger partial charge >= 0.3 is 0 Å². The first-order valence-corrected chi connectivity index (χ1v) is 9.59. The van der Waals surface area contributed by atoms with Crippen LogP contribution >= 0.6 is 0 Å². The van der Waals surface area contributed by atoms with Gasteiger partial charge < -0.3 is 15.5 Å². The second-order valence-corrected chi connectivity index (χ2v) is 6.92. The quantitative estimate of drug-likeness (QED) is 0.425. The number of nitrogens with one attached hydrogen (secondary N) is 2. The van der Waals surface area contributed by atoms with E-state index in [9.17, 15) is 9.18 Å². The monoisotopic (exact) mass is 362 g/mol. The van der Waals surface area contributed by atoms with Crippen LogP contribution in [-0.2, 0) is 11.3 Å². The highest BCUT2D eigenvalue weighted by Gasteiger charge is 2.17. The molecule has 5 nitrogen and oxygen atoms in total. The molecule has 0 radical (unpaired) electrons. The molecule has 1 aromatic rings. The van der Waals surface area contributed by atoms with Crippen LogP contribution in [0.15, 0.2) is 29.3 Å². The number of rotatable bonds is 8. The third-order valence-electron chi connectivity index (χ3n) is 4.67. The maximum atomic E-state index is 13.0. The fourth-order valence-electron chi connectivity index (χ4n) is 3.31. The number of benzene rings is 1. The van der Waals surface area contributed by atoms with Crippen LogP contribution in [0.1, 0.15) is 44.6 Å². The average molecular weight is 362 g/mol. The fraction of sp³-hybridized carbons (Fsp3) is 0.600. The molecule has 0 atom stereocenters. The molecule has 6 heteroatoms. The lowest BCUT2D eigenvalue weighted by atomic mass is 10.0. The maximum absolute atomic E-state index is 13.0. The molecule has 0 bridgehead atoms. The van der Waals surface area contributed by atoms with Crippen molar-refractivity contribution in [3.05, 3.63) is 35.6 Å². The standard InChI is InChI=1S/C20H31FN4O/c1-3-22-20(25(2)15-17-8-10-18(21)11-9-17)24-13-12-23-19(26)14-16-6-4-5-7-16/h8-11,16H,3-7,12-15H2,1-2H3,(H,22,24)(H,23,26). The average Bonchev–Trinajstić information content (AvgIpc) is 3.12. The molecule has 1 saturated carbocycles. The number of halogens is 1. The van der Waals surface area contributed by atoms with Crippen molar-refractivity contribution in [3.8, 4) is 0 Å². The summed E-state index contributed by atoms with van der Waals surface area (Å²) >= 11 is 0. The first kappa shape index (κ1) is 20.2. The number of guanidine groups is 1.